The summed E-state index contributed by atoms with van der Waals surface area (Å²) in [5, 5.41) is 7.17. The van der Waals surface area contributed by atoms with Crippen molar-refractivity contribution in [3.05, 3.63) is 10.5 Å². The molecule has 0 radical (unpaired) electrons. The quantitative estimate of drug-likeness (QED) is 0.716. The van der Waals surface area contributed by atoms with Gasteiger partial charge in [-0.3, -0.25) is 4.57 Å². The van der Waals surface area contributed by atoms with Crippen molar-refractivity contribution in [3.63, 3.8) is 0 Å². The molecule has 0 amide bonds. The maximum atomic E-state index is 11.3. The van der Waals surface area contributed by atoms with Crippen molar-refractivity contribution in [2.75, 3.05) is 5.75 Å². The summed E-state index contributed by atoms with van der Waals surface area (Å²) in [6.07, 6.45) is 2.51. The van der Waals surface area contributed by atoms with E-state index >= 15 is 0 Å². The van der Waals surface area contributed by atoms with Crippen LogP contribution in [0.15, 0.2) is 9.95 Å². The molecular weight excluding hydrogens is 212 g/mol. The summed E-state index contributed by atoms with van der Waals surface area (Å²) in [6.45, 7) is 2.58. The molecule has 6 heteroatoms. The zero-order valence-electron chi connectivity index (χ0n) is 8.77. The first-order valence-corrected chi connectivity index (χ1v) is 6.24. The van der Waals surface area contributed by atoms with Gasteiger partial charge in [-0.05, 0) is 25.7 Å². The molecule has 84 valence electrons. The molecular formula is C9H16N4OS. The summed E-state index contributed by atoms with van der Waals surface area (Å²) in [6, 6.07) is 0.243. The van der Waals surface area contributed by atoms with Gasteiger partial charge in [0, 0.05) is 18.3 Å². The van der Waals surface area contributed by atoms with E-state index in [0.717, 1.165) is 10.9 Å². The van der Waals surface area contributed by atoms with Gasteiger partial charge in [-0.2, -0.15) is 0 Å². The van der Waals surface area contributed by atoms with Crippen molar-refractivity contribution in [2.45, 2.75) is 37.5 Å². The van der Waals surface area contributed by atoms with E-state index in [1.807, 2.05) is 6.92 Å². The minimum absolute atomic E-state index is 0.139. The van der Waals surface area contributed by atoms with Gasteiger partial charge < -0.3 is 5.73 Å². The lowest BCUT2D eigenvalue weighted by atomic mass is 10.2. The lowest BCUT2D eigenvalue weighted by molar-refractivity contribution is 0.644. The molecule has 1 fully saturated rings. The number of H-pyrrole nitrogens is 1. The number of thioether (sulfide) groups is 1. The van der Waals surface area contributed by atoms with Crippen LogP contribution in [-0.2, 0) is 6.54 Å². The molecule has 5 nitrogen and oxygen atoms in total. The van der Waals surface area contributed by atoms with Gasteiger partial charge >= 0.3 is 5.69 Å². The van der Waals surface area contributed by atoms with Crippen LogP contribution >= 0.6 is 11.8 Å². The van der Waals surface area contributed by atoms with Crippen molar-refractivity contribution in [2.24, 2.45) is 11.7 Å². The second kappa shape index (κ2) is 4.40. The Labute approximate surface area is 92.4 Å². The first-order valence-electron chi connectivity index (χ1n) is 5.26. The van der Waals surface area contributed by atoms with E-state index in [4.69, 9.17) is 5.73 Å². The summed E-state index contributed by atoms with van der Waals surface area (Å²) in [5.74, 6) is 1.54. The van der Waals surface area contributed by atoms with Crippen LogP contribution in [0.2, 0.25) is 0 Å². The Kier molecular flexibility index (Phi) is 3.16. The molecule has 0 bridgehead atoms. The van der Waals surface area contributed by atoms with E-state index in [-0.39, 0.29) is 11.7 Å². The molecule has 0 spiro atoms. The van der Waals surface area contributed by atoms with Gasteiger partial charge in [0.1, 0.15) is 0 Å². The number of nitrogens with two attached hydrogens (primary N) is 1. The predicted octanol–water partition coefficient (Wildman–Crippen LogP) is 0.421. The fourth-order valence-corrected chi connectivity index (χ4v) is 2.62. The maximum Gasteiger partial charge on any atom is 0.343 e. The maximum absolute atomic E-state index is 11.3. The van der Waals surface area contributed by atoms with Crippen LogP contribution in [0.25, 0.3) is 0 Å². The molecule has 1 aromatic rings. The number of aromatic nitrogens is 3. The highest BCUT2D eigenvalue weighted by molar-refractivity contribution is 7.99. The molecule has 0 saturated heterocycles. The van der Waals surface area contributed by atoms with Crippen molar-refractivity contribution in [1.29, 1.82) is 0 Å². The normalized spacial score (nSPS) is 18.0. The smallest absolute Gasteiger partial charge is 0.327 e. The third-order valence-corrected chi connectivity index (χ3v) is 3.79. The Morgan fingerprint density at radius 1 is 1.73 bits per heavy atom. The molecule has 1 aliphatic rings. The molecule has 1 unspecified atom stereocenters. The molecule has 1 atom stereocenters. The van der Waals surface area contributed by atoms with Crippen molar-refractivity contribution in [1.82, 2.24) is 14.8 Å². The Morgan fingerprint density at radius 2 is 2.47 bits per heavy atom. The molecule has 1 aliphatic carbocycles. The van der Waals surface area contributed by atoms with Gasteiger partial charge in [0.15, 0.2) is 5.16 Å². The van der Waals surface area contributed by atoms with Crippen LogP contribution in [0.3, 0.4) is 0 Å². The Bertz CT molecular complexity index is 382. The van der Waals surface area contributed by atoms with E-state index in [0.29, 0.717) is 12.5 Å². The number of rotatable bonds is 5. The Hall–Kier alpha value is -0.750. The standard InChI is InChI=1S/C9H16N4OS/c1-2-13-8(14)11-12-9(13)15-5-7(10)6-3-4-6/h6-7H,2-5,10H2,1H3,(H,11,14). The predicted molar refractivity (Wildman–Crippen MR) is 59.9 cm³/mol. The highest BCUT2D eigenvalue weighted by atomic mass is 32.2. The van der Waals surface area contributed by atoms with Crippen LogP contribution in [0, 0.1) is 5.92 Å². The fourth-order valence-electron chi connectivity index (χ4n) is 1.52. The zero-order chi connectivity index (χ0) is 10.8. The van der Waals surface area contributed by atoms with Gasteiger partial charge in [-0.25, -0.2) is 9.89 Å². The number of nitrogens with one attached hydrogen (secondary N) is 1. The van der Waals surface area contributed by atoms with Crippen LogP contribution < -0.4 is 11.4 Å². The SMILES string of the molecule is CCn1c(SCC(N)C2CC2)n[nH]c1=O. The van der Waals surface area contributed by atoms with Gasteiger partial charge in [-0.15, -0.1) is 5.10 Å². The summed E-state index contributed by atoms with van der Waals surface area (Å²) in [7, 11) is 0. The molecule has 15 heavy (non-hydrogen) atoms. The van der Waals surface area contributed by atoms with Crippen LogP contribution in [0.4, 0.5) is 0 Å². The largest absolute Gasteiger partial charge is 0.343 e. The molecule has 1 saturated carbocycles. The molecule has 0 aliphatic heterocycles. The fraction of sp³-hybridized carbons (Fsp3) is 0.778. The van der Waals surface area contributed by atoms with Crippen LogP contribution in [0.5, 0.6) is 0 Å². The van der Waals surface area contributed by atoms with E-state index in [9.17, 15) is 4.79 Å². The molecule has 3 N–H and O–H groups in total. The van der Waals surface area contributed by atoms with E-state index in [2.05, 4.69) is 10.2 Å². The third kappa shape index (κ3) is 2.43. The summed E-state index contributed by atoms with van der Waals surface area (Å²) >= 11 is 1.56. The number of hydrogen-bond acceptors (Lipinski definition) is 4. The first-order chi connectivity index (χ1) is 7.22. The van der Waals surface area contributed by atoms with Gasteiger partial charge in [0.2, 0.25) is 0 Å². The van der Waals surface area contributed by atoms with Gasteiger partial charge in [0.05, 0.1) is 0 Å². The number of aromatic amines is 1. The Balaban J connectivity index is 1.94. The monoisotopic (exact) mass is 228 g/mol. The first kappa shape index (κ1) is 10.8. The second-order valence-corrected chi connectivity index (χ2v) is 4.86. The average Bonchev–Trinajstić information content (AvgIpc) is 3.00. The van der Waals surface area contributed by atoms with E-state index in [1.165, 1.54) is 12.8 Å². The lowest BCUT2D eigenvalue weighted by Crippen LogP contribution is -2.25. The third-order valence-electron chi connectivity index (χ3n) is 2.67. The minimum atomic E-state index is -0.139. The summed E-state index contributed by atoms with van der Waals surface area (Å²) < 4.78 is 1.63. The van der Waals surface area contributed by atoms with Gasteiger partial charge in [0.25, 0.3) is 0 Å². The second-order valence-electron chi connectivity index (χ2n) is 3.87. The molecule has 2 rings (SSSR count). The van der Waals surface area contributed by atoms with Crippen LogP contribution in [-0.4, -0.2) is 26.6 Å². The number of hydrogen-bond donors (Lipinski definition) is 2. The van der Waals surface area contributed by atoms with Crippen molar-refractivity contribution >= 4 is 11.8 Å². The minimum Gasteiger partial charge on any atom is -0.327 e. The summed E-state index contributed by atoms with van der Waals surface area (Å²) in [5.41, 5.74) is 5.84. The highest BCUT2D eigenvalue weighted by Gasteiger charge is 2.28. The average molecular weight is 228 g/mol. The zero-order valence-corrected chi connectivity index (χ0v) is 9.59. The van der Waals surface area contributed by atoms with E-state index < -0.39 is 0 Å². The topological polar surface area (TPSA) is 76.7 Å². The lowest BCUT2D eigenvalue weighted by Gasteiger charge is -2.08. The molecule has 0 aromatic carbocycles. The molecule has 1 heterocycles. The highest BCUT2D eigenvalue weighted by Crippen LogP contribution is 2.33. The summed E-state index contributed by atoms with van der Waals surface area (Å²) in [4.78, 5) is 11.3. The van der Waals surface area contributed by atoms with Crippen LogP contribution in [0.1, 0.15) is 19.8 Å². The van der Waals surface area contributed by atoms with E-state index in [1.54, 1.807) is 16.3 Å². The Morgan fingerprint density at radius 3 is 3.07 bits per heavy atom. The molecule has 1 aromatic heterocycles. The van der Waals surface area contributed by atoms with Gasteiger partial charge in [-0.1, -0.05) is 11.8 Å². The van der Waals surface area contributed by atoms with Crippen molar-refractivity contribution < 1.29 is 0 Å². The van der Waals surface area contributed by atoms with Crippen molar-refractivity contribution in [3.8, 4) is 0 Å². The number of nitrogens with zero attached hydrogens (tertiary/aromatic N) is 2.